The van der Waals surface area contributed by atoms with Crippen molar-refractivity contribution in [3.05, 3.63) is 54.2 Å². The molecule has 0 N–H and O–H groups in total. The maximum Gasteiger partial charge on any atom is 0.0960 e. The van der Waals surface area contributed by atoms with Crippen molar-refractivity contribution < 1.29 is 0 Å². The number of benzene rings is 1. The third-order valence-electron chi connectivity index (χ3n) is 2.27. The highest BCUT2D eigenvalue weighted by atomic mass is 127. The first kappa shape index (κ1) is 12.9. The summed E-state index contributed by atoms with van der Waals surface area (Å²) in [6, 6.07) is 10.6. The number of alkyl halides is 1. The second-order valence-corrected chi connectivity index (χ2v) is 7.37. The molecule has 2 aromatic rings. The molecule has 1 unspecified atom stereocenters. The quantitative estimate of drug-likeness (QED) is 0.420. The van der Waals surface area contributed by atoms with Crippen LogP contribution in [0.5, 0.6) is 0 Å². The van der Waals surface area contributed by atoms with Gasteiger partial charge in [0.25, 0.3) is 0 Å². The van der Waals surface area contributed by atoms with Crippen LogP contribution in [0.15, 0.2) is 30.3 Å². The summed E-state index contributed by atoms with van der Waals surface area (Å²) in [6.07, 6.45) is 0. The molecular weight excluding hydrogens is 418 g/mol. The molecule has 1 aromatic heterocycles. The van der Waals surface area contributed by atoms with E-state index in [1.807, 2.05) is 6.92 Å². The lowest BCUT2D eigenvalue weighted by atomic mass is 10.1. The number of thiophene rings is 1. The Morgan fingerprint density at radius 3 is 2.69 bits per heavy atom. The minimum Gasteiger partial charge on any atom is -0.127 e. The zero-order valence-electron chi connectivity index (χ0n) is 8.51. The Balaban J connectivity index is 2.35. The van der Waals surface area contributed by atoms with Crippen molar-refractivity contribution in [1.82, 2.24) is 0 Å². The molecule has 16 heavy (non-hydrogen) atoms. The predicted molar refractivity (Wildman–Crippen MR) is 84.0 cm³/mol. The maximum absolute atomic E-state index is 6.09. The summed E-state index contributed by atoms with van der Waals surface area (Å²) < 4.78 is 2.13. The zero-order valence-corrected chi connectivity index (χ0v) is 13.8. The Kier molecular flexibility index (Phi) is 4.32. The lowest BCUT2D eigenvalue weighted by molar-refractivity contribution is 1.21. The van der Waals surface area contributed by atoms with E-state index in [1.165, 1.54) is 14.0 Å². The van der Waals surface area contributed by atoms with Crippen molar-refractivity contribution in [2.24, 2.45) is 0 Å². The Morgan fingerprint density at radius 1 is 1.38 bits per heavy atom. The third-order valence-corrected chi connectivity index (χ3v) is 5.88. The van der Waals surface area contributed by atoms with Crippen LogP contribution >= 0.6 is 61.5 Å². The standard InChI is InChI=1S/C12H9BrClIS/c1-7-5-10(16-12(7)14)11(13)8-3-2-4-9(15)6-8/h2-6,11H,1H3. The van der Waals surface area contributed by atoms with Gasteiger partial charge in [0.1, 0.15) is 0 Å². The van der Waals surface area contributed by atoms with Gasteiger partial charge in [-0.3, -0.25) is 0 Å². The molecule has 0 spiro atoms. The van der Waals surface area contributed by atoms with Gasteiger partial charge < -0.3 is 0 Å². The molecule has 0 aliphatic carbocycles. The molecule has 0 saturated heterocycles. The summed E-state index contributed by atoms with van der Waals surface area (Å²) in [6.45, 7) is 2.04. The monoisotopic (exact) mass is 426 g/mol. The van der Waals surface area contributed by atoms with Gasteiger partial charge in [0.2, 0.25) is 0 Å². The first-order chi connectivity index (χ1) is 7.58. The van der Waals surface area contributed by atoms with Crippen LogP contribution in [0.3, 0.4) is 0 Å². The highest BCUT2D eigenvalue weighted by Crippen LogP contribution is 2.39. The molecule has 1 aromatic carbocycles. The summed E-state index contributed by atoms with van der Waals surface area (Å²) >= 11 is 13.8. The van der Waals surface area contributed by atoms with Crippen molar-refractivity contribution in [3.8, 4) is 0 Å². The summed E-state index contributed by atoms with van der Waals surface area (Å²) in [7, 11) is 0. The molecule has 0 aliphatic heterocycles. The average Bonchev–Trinajstić information content (AvgIpc) is 2.58. The Bertz CT molecular complexity index is 490. The number of rotatable bonds is 2. The highest BCUT2D eigenvalue weighted by Gasteiger charge is 2.14. The fraction of sp³-hybridized carbons (Fsp3) is 0.167. The van der Waals surface area contributed by atoms with Gasteiger partial charge in [0.05, 0.1) is 9.16 Å². The van der Waals surface area contributed by atoms with Gasteiger partial charge in [0, 0.05) is 8.45 Å². The van der Waals surface area contributed by atoms with Crippen LogP contribution in [0.1, 0.15) is 20.8 Å². The van der Waals surface area contributed by atoms with Crippen LogP contribution in [-0.2, 0) is 0 Å². The van der Waals surface area contributed by atoms with Gasteiger partial charge in [-0.15, -0.1) is 11.3 Å². The van der Waals surface area contributed by atoms with Gasteiger partial charge in [-0.25, -0.2) is 0 Å². The zero-order chi connectivity index (χ0) is 11.7. The van der Waals surface area contributed by atoms with Gasteiger partial charge in [-0.05, 0) is 58.8 Å². The van der Waals surface area contributed by atoms with Gasteiger partial charge in [-0.1, -0.05) is 39.7 Å². The molecule has 0 fully saturated rings. The Labute approximate surface area is 126 Å². The van der Waals surface area contributed by atoms with Gasteiger partial charge >= 0.3 is 0 Å². The molecule has 0 nitrogen and oxygen atoms in total. The first-order valence-electron chi connectivity index (χ1n) is 4.73. The molecule has 1 atom stereocenters. The first-order valence-corrected chi connectivity index (χ1v) is 7.92. The third kappa shape index (κ3) is 2.81. The summed E-state index contributed by atoms with van der Waals surface area (Å²) in [4.78, 5) is 1.49. The maximum atomic E-state index is 6.09. The SMILES string of the molecule is Cc1cc(C(Br)c2cccc(I)c2)sc1Cl. The molecule has 4 heteroatoms. The fourth-order valence-electron chi connectivity index (χ4n) is 1.44. The summed E-state index contributed by atoms with van der Waals surface area (Å²) in [5, 5.41) is 0. The molecule has 84 valence electrons. The van der Waals surface area contributed by atoms with E-state index in [0.29, 0.717) is 0 Å². The second kappa shape index (κ2) is 5.38. The van der Waals surface area contributed by atoms with Crippen LogP contribution in [0.4, 0.5) is 0 Å². The van der Waals surface area contributed by atoms with E-state index in [0.717, 1.165) is 9.90 Å². The normalized spacial score (nSPS) is 12.8. The van der Waals surface area contributed by atoms with Crippen molar-refractivity contribution in [2.75, 3.05) is 0 Å². The van der Waals surface area contributed by atoms with Gasteiger partial charge in [-0.2, -0.15) is 0 Å². The molecule has 0 radical (unpaired) electrons. The van der Waals surface area contributed by atoms with Crippen molar-refractivity contribution >= 4 is 61.5 Å². The molecule has 0 aliphatic rings. The van der Waals surface area contributed by atoms with E-state index in [4.69, 9.17) is 11.6 Å². The van der Waals surface area contributed by atoms with Crippen molar-refractivity contribution in [1.29, 1.82) is 0 Å². The summed E-state index contributed by atoms with van der Waals surface area (Å²) in [5.74, 6) is 0. The topological polar surface area (TPSA) is 0 Å². The molecule has 1 heterocycles. The fourth-order valence-corrected chi connectivity index (χ4v) is 3.93. The van der Waals surface area contributed by atoms with Crippen LogP contribution < -0.4 is 0 Å². The van der Waals surface area contributed by atoms with Crippen LogP contribution in [-0.4, -0.2) is 0 Å². The van der Waals surface area contributed by atoms with E-state index in [2.05, 4.69) is 68.9 Å². The van der Waals surface area contributed by atoms with Crippen molar-refractivity contribution in [3.63, 3.8) is 0 Å². The Hall–Kier alpha value is 0.420. The summed E-state index contributed by atoms with van der Waals surface area (Å²) in [5.41, 5.74) is 2.42. The number of hydrogen-bond donors (Lipinski definition) is 0. The lowest BCUT2D eigenvalue weighted by Gasteiger charge is -2.08. The molecule has 0 saturated carbocycles. The predicted octanol–water partition coefficient (Wildman–Crippen LogP) is 5.80. The van der Waals surface area contributed by atoms with E-state index in [9.17, 15) is 0 Å². The smallest absolute Gasteiger partial charge is 0.0960 e. The average molecular weight is 428 g/mol. The minimum atomic E-state index is 0.235. The number of halogens is 3. The highest BCUT2D eigenvalue weighted by molar-refractivity contribution is 14.1. The molecule has 2 rings (SSSR count). The largest absolute Gasteiger partial charge is 0.127 e. The van der Waals surface area contributed by atoms with E-state index in [-0.39, 0.29) is 4.83 Å². The molecule has 0 amide bonds. The van der Waals surface area contributed by atoms with Crippen LogP contribution in [0.2, 0.25) is 4.34 Å². The Morgan fingerprint density at radius 2 is 2.12 bits per heavy atom. The van der Waals surface area contributed by atoms with Crippen LogP contribution in [0, 0.1) is 10.5 Å². The lowest BCUT2D eigenvalue weighted by Crippen LogP contribution is -1.89. The van der Waals surface area contributed by atoms with Gasteiger partial charge in [0.15, 0.2) is 0 Å². The number of hydrogen-bond acceptors (Lipinski definition) is 1. The second-order valence-electron chi connectivity index (χ2n) is 3.52. The van der Waals surface area contributed by atoms with Crippen molar-refractivity contribution in [2.45, 2.75) is 11.8 Å². The van der Waals surface area contributed by atoms with E-state index < -0.39 is 0 Å². The minimum absolute atomic E-state index is 0.235. The molecular formula is C12H9BrClIS. The molecule has 0 bridgehead atoms. The van der Waals surface area contributed by atoms with E-state index in [1.54, 1.807) is 11.3 Å². The van der Waals surface area contributed by atoms with E-state index >= 15 is 0 Å². The van der Waals surface area contributed by atoms with Crippen LogP contribution in [0.25, 0.3) is 0 Å². The number of aryl methyl sites for hydroxylation is 1.